The van der Waals surface area contributed by atoms with E-state index in [-0.39, 0.29) is 73.3 Å². The molecule has 3 aliphatic heterocycles. The molecule has 4 aliphatic rings. The summed E-state index contributed by atoms with van der Waals surface area (Å²) in [6.45, 7) is 16.6. The lowest BCUT2D eigenvalue weighted by atomic mass is 9.78. The van der Waals surface area contributed by atoms with Crippen LogP contribution < -0.4 is 0 Å². The molecule has 1 unspecified atom stereocenters. The van der Waals surface area contributed by atoms with E-state index in [1.165, 1.54) is 4.90 Å². The molecule has 0 aromatic rings. The lowest BCUT2D eigenvalue weighted by molar-refractivity contribution is -0.265. The van der Waals surface area contributed by atoms with E-state index in [0.29, 0.717) is 70.3 Å². The summed E-state index contributed by atoms with van der Waals surface area (Å²) in [6.07, 6.45) is 14.2. The van der Waals surface area contributed by atoms with Crippen LogP contribution in [0.2, 0.25) is 0 Å². The Bertz CT molecular complexity index is 1790. The Labute approximate surface area is 406 Å². The molecule has 1 amide bonds. The summed E-state index contributed by atoms with van der Waals surface area (Å²) < 4.78 is 35.8. The summed E-state index contributed by atoms with van der Waals surface area (Å²) in [7, 11) is 3.27. The Balaban J connectivity index is 1.65. The number of hydrogen-bond acceptors (Lipinski definition) is 13. The van der Waals surface area contributed by atoms with Crippen molar-refractivity contribution in [1.82, 2.24) is 4.90 Å². The van der Waals surface area contributed by atoms with E-state index < -0.39 is 65.7 Å². The molecule has 3 fully saturated rings. The molecule has 2 bridgehead atoms. The molecule has 4 rings (SSSR count). The number of fused-ring (bicyclic) bond motifs is 3. The van der Waals surface area contributed by atoms with Gasteiger partial charge < -0.3 is 43.5 Å². The first-order valence-corrected chi connectivity index (χ1v) is 25.5. The first-order chi connectivity index (χ1) is 32.3. The number of allylic oxidation sites excluding steroid dienone is 6. The highest BCUT2D eigenvalue weighted by Gasteiger charge is 2.53. The maximum atomic E-state index is 14.5. The van der Waals surface area contributed by atoms with Gasteiger partial charge in [-0.3, -0.25) is 19.2 Å². The molecule has 2 N–H and O–H groups in total. The number of methoxy groups -OCH3 is 2. The summed E-state index contributed by atoms with van der Waals surface area (Å²) in [6, 6.07) is -1.12. The molecule has 384 valence electrons. The number of piperidine rings is 1. The van der Waals surface area contributed by atoms with Crippen LogP contribution >= 0.6 is 0 Å². The number of hydrogen-bond donors (Lipinski definition) is 2. The van der Waals surface area contributed by atoms with E-state index in [9.17, 15) is 34.2 Å². The number of cyclic esters (lactones) is 1. The van der Waals surface area contributed by atoms with Gasteiger partial charge in [0.05, 0.1) is 43.7 Å². The average molecular weight is 956 g/mol. The maximum Gasteiger partial charge on any atom is 0.329 e. The Morgan fingerprint density at radius 2 is 1.59 bits per heavy atom. The molecule has 14 heteroatoms. The van der Waals surface area contributed by atoms with Crippen LogP contribution in [0.15, 0.2) is 47.6 Å². The van der Waals surface area contributed by atoms with Crippen LogP contribution in [0.3, 0.4) is 0 Å². The van der Waals surface area contributed by atoms with Crippen molar-refractivity contribution >= 4 is 29.2 Å². The number of nitrogens with zero attached hydrogens (tertiary/aromatic N) is 1. The number of carbonyl (C=O) groups excluding carboxylic acids is 5. The zero-order chi connectivity index (χ0) is 50.1. The number of rotatable bonds is 10. The summed E-state index contributed by atoms with van der Waals surface area (Å²) in [5.41, 5.74) is 1.40. The fourth-order valence-corrected chi connectivity index (χ4v) is 10.4. The third-order valence-electron chi connectivity index (χ3n) is 14.9. The average Bonchev–Trinajstić information content (AvgIpc) is 3.31. The minimum absolute atomic E-state index is 0.0671. The molecule has 0 radical (unpaired) electrons. The number of aliphatic hydroxyl groups excluding tert-OH is 1. The number of esters is 1. The van der Waals surface area contributed by atoms with Gasteiger partial charge in [-0.15, -0.1) is 0 Å². The predicted octanol–water partition coefficient (Wildman–Crippen LogP) is 7.62. The third kappa shape index (κ3) is 16.3. The van der Waals surface area contributed by atoms with Gasteiger partial charge in [0.25, 0.3) is 11.7 Å². The van der Waals surface area contributed by atoms with Crippen LogP contribution in [-0.2, 0) is 52.4 Å². The summed E-state index contributed by atoms with van der Waals surface area (Å²) in [5, 5.41) is 23.1. The fourth-order valence-electron chi connectivity index (χ4n) is 10.4. The minimum atomic E-state index is -2.42. The minimum Gasteiger partial charge on any atom is -0.460 e. The Hall–Kier alpha value is -3.37. The molecule has 68 heavy (non-hydrogen) atoms. The third-order valence-corrected chi connectivity index (χ3v) is 14.9. The summed E-state index contributed by atoms with van der Waals surface area (Å²) in [4.78, 5) is 71.7. The van der Waals surface area contributed by atoms with E-state index in [0.717, 1.165) is 24.8 Å². The monoisotopic (exact) mass is 956 g/mol. The SMILES string of the molecule is CCOCCOC1CC[C@@H](C[C@@H](C)[C@@H]2CC(=O)[C@H](C)/C=C(\C)[C@@H](O)CC(=O)[C@H](C)C[C@H](C)/C=C/C=C/C=C(\C)[C@@H](OC)C[C@@H]3CC[C@@H](C)[C@@](O)(O3)C(=O)C(=O)N3CCCC[C@H]3C(=O)O2)C[C@H]1OC. The molecule has 3 heterocycles. The molecular weight excluding hydrogens is 871 g/mol. The van der Waals surface area contributed by atoms with Gasteiger partial charge in [0, 0.05) is 64.4 Å². The van der Waals surface area contributed by atoms with E-state index in [4.69, 9.17) is 28.4 Å². The van der Waals surface area contributed by atoms with Gasteiger partial charge in [-0.05, 0) is 114 Å². The van der Waals surface area contributed by atoms with Crippen LogP contribution in [0.1, 0.15) is 139 Å². The van der Waals surface area contributed by atoms with Crippen LogP contribution in [0.4, 0.5) is 0 Å². The second kappa shape index (κ2) is 27.9. The summed E-state index contributed by atoms with van der Waals surface area (Å²) in [5.74, 6) is -7.24. The lowest BCUT2D eigenvalue weighted by Crippen LogP contribution is -2.61. The smallest absolute Gasteiger partial charge is 0.329 e. The number of Topliss-reactive ketones (excluding diaryl/α,β-unsaturated/α-hetero) is 3. The molecule has 1 aliphatic carbocycles. The highest BCUT2D eigenvalue weighted by Crippen LogP contribution is 2.38. The van der Waals surface area contributed by atoms with Gasteiger partial charge in [-0.1, -0.05) is 71.1 Å². The molecule has 0 aromatic heterocycles. The topological polar surface area (TPSA) is 184 Å². The molecule has 2 saturated heterocycles. The second-order valence-corrected chi connectivity index (χ2v) is 20.3. The number of ketones is 3. The van der Waals surface area contributed by atoms with Crippen LogP contribution in [0.25, 0.3) is 0 Å². The normalized spacial score (nSPS) is 38.1. The molecule has 14 atom stereocenters. The maximum absolute atomic E-state index is 14.5. The van der Waals surface area contributed by atoms with Crippen molar-refractivity contribution in [3.05, 3.63) is 47.6 Å². The lowest BCUT2D eigenvalue weighted by Gasteiger charge is -2.42. The van der Waals surface area contributed by atoms with Gasteiger partial charge >= 0.3 is 5.97 Å². The van der Waals surface area contributed by atoms with Gasteiger partial charge in [0.15, 0.2) is 0 Å². The zero-order valence-corrected chi connectivity index (χ0v) is 42.8. The van der Waals surface area contributed by atoms with E-state index in [1.807, 2.05) is 65.0 Å². The zero-order valence-electron chi connectivity index (χ0n) is 42.8. The highest BCUT2D eigenvalue weighted by molar-refractivity contribution is 6.39. The molecule has 1 saturated carbocycles. The highest BCUT2D eigenvalue weighted by atomic mass is 16.6. The van der Waals surface area contributed by atoms with Crippen molar-refractivity contribution in [1.29, 1.82) is 0 Å². The van der Waals surface area contributed by atoms with Crippen molar-refractivity contribution in [2.45, 2.75) is 187 Å². The summed E-state index contributed by atoms with van der Waals surface area (Å²) >= 11 is 0. The fraction of sp³-hybridized carbons (Fsp3) is 0.759. The second-order valence-electron chi connectivity index (χ2n) is 20.3. The van der Waals surface area contributed by atoms with E-state index in [2.05, 4.69) is 0 Å². The standard InChI is InChI=1S/C54H85NO13/c1-11-65-25-26-66-47-23-21-41(30-50(47)64-10)29-39(7)49-33-46(58)38(6)28-37(5)45(57)32-44(56)36(4)27-34(2)17-13-12-14-18-35(3)48(63-9)31-42-22-20-40(8)54(62,68-42)51(59)52(60)55-24-16-15-19-43(55)53(61)67-49/h12-14,17-18,28,34,36,38-43,45,47-50,57,62H,11,15-16,19-27,29-33H2,1-10H3/b14-12+,17-13+,35-18+,37-28+/t34-,36-,38-,39-,40-,41+,42+,43+,45+,47?,48+,49+,50-,54-/m1/s1. The first kappa shape index (κ1) is 57.2. The van der Waals surface area contributed by atoms with Gasteiger partial charge in [0.1, 0.15) is 23.7 Å². The van der Waals surface area contributed by atoms with Crippen LogP contribution in [-0.4, -0.2) is 133 Å². The van der Waals surface area contributed by atoms with Gasteiger partial charge in [-0.25, -0.2) is 4.79 Å². The van der Waals surface area contributed by atoms with Crippen molar-refractivity contribution in [2.24, 2.45) is 35.5 Å². The number of ether oxygens (including phenoxy) is 6. The largest absolute Gasteiger partial charge is 0.460 e. The van der Waals surface area contributed by atoms with E-state index >= 15 is 0 Å². The van der Waals surface area contributed by atoms with Crippen molar-refractivity contribution in [3.63, 3.8) is 0 Å². The number of aliphatic hydroxyl groups is 2. The Morgan fingerprint density at radius 3 is 2.29 bits per heavy atom. The quantitative estimate of drug-likeness (QED) is 0.0945. The van der Waals surface area contributed by atoms with Gasteiger partial charge in [0.2, 0.25) is 5.79 Å². The number of carbonyl (C=O) groups is 5. The van der Waals surface area contributed by atoms with E-state index in [1.54, 1.807) is 41.1 Å². The Kier molecular flexibility index (Phi) is 23.4. The van der Waals surface area contributed by atoms with Crippen LogP contribution in [0.5, 0.6) is 0 Å². The molecule has 0 aromatic carbocycles. The molecular formula is C54H85NO13. The molecule has 14 nitrogen and oxygen atoms in total. The first-order valence-electron chi connectivity index (χ1n) is 25.5. The van der Waals surface area contributed by atoms with Crippen molar-refractivity contribution in [3.8, 4) is 0 Å². The predicted molar refractivity (Wildman–Crippen MR) is 259 cm³/mol. The van der Waals surface area contributed by atoms with Gasteiger partial charge in [-0.2, -0.15) is 0 Å². The van der Waals surface area contributed by atoms with Crippen molar-refractivity contribution < 1.29 is 62.6 Å². The number of amides is 1. The molecule has 0 spiro atoms. The van der Waals surface area contributed by atoms with Crippen molar-refractivity contribution in [2.75, 3.05) is 40.6 Å². The Morgan fingerprint density at radius 1 is 0.838 bits per heavy atom. The van der Waals surface area contributed by atoms with Crippen LogP contribution in [0, 0.1) is 35.5 Å².